The van der Waals surface area contributed by atoms with E-state index in [0.717, 1.165) is 5.56 Å². The van der Waals surface area contributed by atoms with Crippen LogP contribution < -0.4 is 0 Å². The van der Waals surface area contributed by atoms with E-state index in [2.05, 4.69) is 0 Å². The number of hydrogen-bond acceptors (Lipinski definition) is 11. The maximum Gasteiger partial charge on any atom is 0.330 e. The molecular formula is C24H28O11. The number of carbonyl (C=O) groups is 1. The molecule has 5 rings (SSSR count). The number of carbonyl (C=O) groups excluding carboxylic acids is 1. The third-order valence-corrected chi connectivity index (χ3v) is 7.05. The molecule has 1 saturated carbocycles. The minimum atomic E-state index is -1.65. The van der Waals surface area contributed by atoms with Gasteiger partial charge in [0.05, 0.1) is 24.9 Å². The van der Waals surface area contributed by atoms with E-state index in [4.69, 9.17) is 23.7 Å². The summed E-state index contributed by atoms with van der Waals surface area (Å²) in [6, 6.07) is 9.11. The predicted molar refractivity (Wildman–Crippen MR) is 116 cm³/mol. The van der Waals surface area contributed by atoms with E-state index in [1.54, 1.807) is 12.2 Å². The van der Waals surface area contributed by atoms with Gasteiger partial charge in [-0.25, -0.2) is 4.79 Å². The molecule has 0 amide bonds. The standard InChI is InChI=1S/C24H28O11/c25-11-24-16-13(17(27)21(24)35-24)8-9-31-22(16)34-23-20(30)19(29)18(28)14(33-23)10-32-15(26)7-6-12-4-2-1-3-5-12/h1-9,13-14,16-23,25,27-30H,10-11H2/t13-,14-,16-,17+,18-,19+,20-,21+,22+,23+,24-/m1/s1. The van der Waals surface area contributed by atoms with Gasteiger partial charge in [-0.1, -0.05) is 30.3 Å². The Kier molecular flexibility index (Phi) is 6.68. The number of ether oxygens (including phenoxy) is 5. The van der Waals surface area contributed by atoms with Gasteiger partial charge in [0, 0.05) is 12.0 Å². The van der Waals surface area contributed by atoms with Crippen LogP contribution in [0.5, 0.6) is 0 Å². The summed E-state index contributed by atoms with van der Waals surface area (Å²) in [5.41, 5.74) is -0.248. The molecule has 0 unspecified atom stereocenters. The molecule has 0 radical (unpaired) electrons. The second kappa shape index (κ2) is 9.60. The number of rotatable bonds is 7. The van der Waals surface area contributed by atoms with Crippen molar-refractivity contribution < 1.29 is 54.0 Å². The second-order valence-electron chi connectivity index (χ2n) is 9.10. The van der Waals surface area contributed by atoms with Crippen molar-refractivity contribution in [1.29, 1.82) is 0 Å². The lowest BCUT2D eigenvalue weighted by molar-refractivity contribution is -0.344. The van der Waals surface area contributed by atoms with Gasteiger partial charge >= 0.3 is 5.97 Å². The van der Waals surface area contributed by atoms with E-state index in [9.17, 15) is 30.3 Å². The van der Waals surface area contributed by atoms with Crippen molar-refractivity contribution in [3.8, 4) is 0 Å². The number of esters is 1. The molecule has 1 aromatic rings. The minimum absolute atomic E-state index is 0.364. The third kappa shape index (κ3) is 4.39. The quantitative estimate of drug-likeness (QED) is 0.174. The van der Waals surface area contributed by atoms with Gasteiger partial charge < -0.3 is 49.2 Å². The smallest absolute Gasteiger partial charge is 0.330 e. The highest BCUT2D eigenvalue weighted by molar-refractivity contribution is 5.87. The Labute approximate surface area is 200 Å². The van der Waals surface area contributed by atoms with Crippen molar-refractivity contribution in [2.75, 3.05) is 13.2 Å². The van der Waals surface area contributed by atoms with Crippen molar-refractivity contribution >= 4 is 12.0 Å². The van der Waals surface area contributed by atoms with Crippen LogP contribution in [0.25, 0.3) is 6.08 Å². The molecule has 1 aliphatic carbocycles. The molecule has 0 bridgehead atoms. The van der Waals surface area contributed by atoms with Crippen LogP contribution in [0.3, 0.4) is 0 Å². The Balaban J connectivity index is 1.22. The first kappa shape index (κ1) is 24.3. The first-order chi connectivity index (χ1) is 16.9. The van der Waals surface area contributed by atoms with Gasteiger partial charge in [-0.2, -0.15) is 0 Å². The van der Waals surface area contributed by atoms with Crippen LogP contribution >= 0.6 is 0 Å². The van der Waals surface area contributed by atoms with E-state index in [1.807, 2.05) is 30.3 Å². The van der Waals surface area contributed by atoms with E-state index >= 15 is 0 Å². The highest BCUT2D eigenvalue weighted by atomic mass is 16.8. The van der Waals surface area contributed by atoms with Gasteiger partial charge in [0.25, 0.3) is 0 Å². The lowest BCUT2D eigenvalue weighted by atomic mass is 9.85. The molecule has 3 heterocycles. The SMILES string of the molecule is O=C(C=Cc1ccccc1)OC[C@H]1O[C@@H](O[C@@H]2OC=C[C@H]3[C@H](O)[C@@H]4O[C@]4(CO)[C@@H]23)[C@H](O)[C@@H](O)[C@@H]1O. The normalized spacial score (nSPS) is 43.9. The molecule has 4 aliphatic rings. The first-order valence-electron chi connectivity index (χ1n) is 11.4. The zero-order chi connectivity index (χ0) is 24.7. The van der Waals surface area contributed by atoms with Crippen molar-refractivity contribution in [2.45, 2.75) is 54.8 Å². The molecule has 11 atom stereocenters. The molecule has 3 fully saturated rings. The number of aliphatic hydroxyl groups is 5. The van der Waals surface area contributed by atoms with Crippen LogP contribution in [-0.4, -0.2) is 99.5 Å². The highest BCUT2D eigenvalue weighted by Gasteiger charge is 2.75. The average molecular weight is 492 g/mol. The largest absolute Gasteiger partial charge is 0.472 e. The summed E-state index contributed by atoms with van der Waals surface area (Å²) in [7, 11) is 0. The maximum absolute atomic E-state index is 12.1. The second-order valence-corrected chi connectivity index (χ2v) is 9.10. The molecule has 0 aromatic heterocycles. The summed E-state index contributed by atoms with van der Waals surface area (Å²) in [5, 5.41) is 51.5. The Morgan fingerprint density at radius 1 is 1.03 bits per heavy atom. The molecule has 190 valence electrons. The summed E-state index contributed by atoms with van der Waals surface area (Å²) in [6.07, 6.45) is -4.23. The summed E-state index contributed by atoms with van der Waals surface area (Å²) < 4.78 is 27.7. The van der Waals surface area contributed by atoms with E-state index in [0.29, 0.717) is 0 Å². The first-order valence-corrected chi connectivity index (χ1v) is 11.4. The molecule has 2 saturated heterocycles. The summed E-state index contributed by atoms with van der Waals surface area (Å²) >= 11 is 0. The lowest BCUT2D eigenvalue weighted by Crippen LogP contribution is -2.60. The Bertz CT molecular complexity index is 967. The highest BCUT2D eigenvalue weighted by Crippen LogP contribution is 2.59. The molecule has 0 spiro atoms. The maximum atomic E-state index is 12.1. The minimum Gasteiger partial charge on any atom is -0.472 e. The zero-order valence-electron chi connectivity index (χ0n) is 18.6. The van der Waals surface area contributed by atoms with E-state index in [-0.39, 0.29) is 6.61 Å². The average Bonchev–Trinajstić information content (AvgIpc) is 3.57. The molecule has 1 aromatic carbocycles. The molecule has 11 heteroatoms. The van der Waals surface area contributed by atoms with Gasteiger partial charge in [0.1, 0.15) is 42.7 Å². The monoisotopic (exact) mass is 492 g/mol. The predicted octanol–water partition coefficient (Wildman–Crippen LogP) is -1.33. The number of epoxide rings is 1. The molecular weight excluding hydrogens is 464 g/mol. The fourth-order valence-corrected chi connectivity index (χ4v) is 5.10. The fourth-order valence-electron chi connectivity index (χ4n) is 5.10. The molecule has 3 aliphatic heterocycles. The van der Waals surface area contributed by atoms with Crippen LogP contribution in [0.15, 0.2) is 48.7 Å². The Hall–Kier alpha value is -2.35. The zero-order valence-corrected chi connectivity index (χ0v) is 18.6. The van der Waals surface area contributed by atoms with Crippen molar-refractivity contribution in [2.24, 2.45) is 11.8 Å². The van der Waals surface area contributed by atoms with Crippen LogP contribution in [-0.2, 0) is 28.5 Å². The van der Waals surface area contributed by atoms with Gasteiger partial charge in [0.2, 0.25) is 6.29 Å². The molecule has 11 nitrogen and oxygen atoms in total. The van der Waals surface area contributed by atoms with Crippen LogP contribution in [0.4, 0.5) is 0 Å². The van der Waals surface area contributed by atoms with Crippen LogP contribution in [0.1, 0.15) is 5.56 Å². The van der Waals surface area contributed by atoms with Gasteiger partial charge in [-0.3, -0.25) is 0 Å². The van der Waals surface area contributed by atoms with Crippen LogP contribution in [0, 0.1) is 11.8 Å². The van der Waals surface area contributed by atoms with Crippen molar-refractivity contribution in [1.82, 2.24) is 0 Å². The topological polar surface area (TPSA) is 168 Å². The molecule has 35 heavy (non-hydrogen) atoms. The van der Waals surface area contributed by atoms with E-state index in [1.165, 1.54) is 12.3 Å². The number of fused-ring (bicyclic) bond motifs is 3. The summed E-state index contributed by atoms with van der Waals surface area (Å²) in [5.74, 6) is -1.70. The Morgan fingerprint density at radius 2 is 1.80 bits per heavy atom. The molecule has 5 N–H and O–H groups in total. The van der Waals surface area contributed by atoms with Crippen molar-refractivity contribution in [3.05, 3.63) is 54.3 Å². The number of benzene rings is 1. The van der Waals surface area contributed by atoms with Crippen molar-refractivity contribution in [3.63, 3.8) is 0 Å². The lowest BCUT2D eigenvalue weighted by Gasteiger charge is -2.43. The number of hydrogen-bond donors (Lipinski definition) is 5. The summed E-state index contributed by atoms with van der Waals surface area (Å²) in [4.78, 5) is 12.1. The van der Waals surface area contributed by atoms with Gasteiger partial charge in [0.15, 0.2) is 6.29 Å². The van der Waals surface area contributed by atoms with Gasteiger partial charge in [-0.15, -0.1) is 0 Å². The number of aliphatic hydroxyl groups excluding tert-OH is 5. The van der Waals surface area contributed by atoms with Gasteiger partial charge in [-0.05, 0) is 17.7 Å². The Morgan fingerprint density at radius 3 is 2.54 bits per heavy atom. The summed E-state index contributed by atoms with van der Waals surface area (Å²) in [6.45, 7) is -0.776. The van der Waals surface area contributed by atoms with E-state index < -0.39 is 79.2 Å². The third-order valence-electron chi connectivity index (χ3n) is 7.05. The fraction of sp³-hybridized carbons (Fsp3) is 0.542. The van der Waals surface area contributed by atoms with Crippen LogP contribution in [0.2, 0.25) is 0 Å².